The lowest BCUT2D eigenvalue weighted by Gasteiger charge is -2.33. The van der Waals surface area contributed by atoms with E-state index in [1.54, 1.807) is 48.5 Å². The highest BCUT2D eigenvalue weighted by Crippen LogP contribution is 2.18. The molecule has 2 heterocycles. The summed E-state index contributed by atoms with van der Waals surface area (Å²) < 4.78 is 26.9. The fourth-order valence-corrected chi connectivity index (χ4v) is 4.93. The number of piperazine rings is 1. The van der Waals surface area contributed by atoms with E-state index in [2.05, 4.69) is 14.9 Å². The minimum atomic E-state index is -3.48. The van der Waals surface area contributed by atoms with Crippen LogP contribution in [0.4, 0.5) is 0 Å². The number of nitrogens with zero attached hydrogens (tertiary/aromatic N) is 3. The SMILES string of the molecule is O=c1[nH]c(CN2CCN(S(=O)(=O)c3ccccc3)CC2)nc2cc(Cl)ccc12. The predicted octanol–water partition coefficient (Wildman–Crippen LogP) is 2.08. The third-order valence-corrected chi connectivity index (χ3v) is 6.95. The average Bonchev–Trinajstić information content (AvgIpc) is 2.69. The molecule has 0 aliphatic carbocycles. The van der Waals surface area contributed by atoms with E-state index in [0.29, 0.717) is 59.4 Å². The lowest BCUT2D eigenvalue weighted by atomic mass is 10.2. The molecule has 0 saturated carbocycles. The molecule has 1 N–H and O–H groups in total. The molecule has 1 aliphatic heterocycles. The molecule has 0 atom stereocenters. The van der Waals surface area contributed by atoms with Gasteiger partial charge in [0.1, 0.15) is 5.82 Å². The van der Waals surface area contributed by atoms with Crippen molar-refractivity contribution in [2.45, 2.75) is 11.4 Å². The van der Waals surface area contributed by atoms with Gasteiger partial charge in [-0.1, -0.05) is 29.8 Å². The largest absolute Gasteiger partial charge is 0.309 e. The Hall–Kier alpha value is -2.26. The highest BCUT2D eigenvalue weighted by molar-refractivity contribution is 7.89. The van der Waals surface area contributed by atoms with Crippen molar-refractivity contribution in [1.29, 1.82) is 0 Å². The molecular formula is C19H19ClN4O3S. The highest BCUT2D eigenvalue weighted by Gasteiger charge is 2.28. The van der Waals surface area contributed by atoms with E-state index in [4.69, 9.17) is 11.6 Å². The molecule has 0 amide bonds. The molecule has 3 aromatic rings. The van der Waals surface area contributed by atoms with Crippen molar-refractivity contribution in [1.82, 2.24) is 19.2 Å². The van der Waals surface area contributed by atoms with Crippen LogP contribution in [0.15, 0.2) is 58.2 Å². The monoisotopic (exact) mass is 418 g/mol. The van der Waals surface area contributed by atoms with Crippen molar-refractivity contribution in [3.05, 3.63) is 69.7 Å². The van der Waals surface area contributed by atoms with Gasteiger partial charge in [-0.25, -0.2) is 13.4 Å². The van der Waals surface area contributed by atoms with Crippen LogP contribution in [0.1, 0.15) is 5.82 Å². The van der Waals surface area contributed by atoms with E-state index in [-0.39, 0.29) is 5.56 Å². The molecule has 7 nitrogen and oxygen atoms in total. The number of hydrogen-bond donors (Lipinski definition) is 1. The fraction of sp³-hybridized carbons (Fsp3) is 0.263. The van der Waals surface area contributed by atoms with Gasteiger partial charge in [0.25, 0.3) is 5.56 Å². The summed E-state index contributed by atoms with van der Waals surface area (Å²) in [5.41, 5.74) is 0.346. The summed E-state index contributed by atoms with van der Waals surface area (Å²) in [7, 11) is -3.48. The fourth-order valence-electron chi connectivity index (χ4n) is 3.32. The lowest BCUT2D eigenvalue weighted by Crippen LogP contribution is -2.48. The minimum absolute atomic E-state index is 0.207. The zero-order valence-corrected chi connectivity index (χ0v) is 16.6. The van der Waals surface area contributed by atoms with E-state index < -0.39 is 10.0 Å². The molecular weight excluding hydrogens is 400 g/mol. The van der Waals surface area contributed by atoms with Gasteiger partial charge >= 0.3 is 0 Å². The maximum absolute atomic E-state index is 12.7. The molecule has 2 aromatic carbocycles. The number of sulfonamides is 1. The number of benzene rings is 2. The van der Waals surface area contributed by atoms with Gasteiger partial charge in [0.05, 0.1) is 22.3 Å². The van der Waals surface area contributed by atoms with Crippen molar-refractivity contribution < 1.29 is 8.42 Å². The number of rotatable bonds is 4. The number of fused-ring (bicyclic) bond motifs is 1. The Morgan fingerprint density at radius 3 is 2.46 bits per heavy atom. The van der Waals surface area contributed by atoms with Crippen LogP contribution in [0.25, 0.3) is 10.9 Å². The molecule has 1 saturated heterocycles. The first-order valence-electron chi connectivity index (χ1n) is 8.89. The van der Waals surface area contributed by atoms with Crippen LogP contribution < -0.4 is 5.56 Å². The average molecular weight is 419 g/mol. The molecule has 9 heteroatoms. The van der Waals surface area contributed by atoms with E-state index in [0.717, 1.165) is 0 Å². The molecule has 28 heavy (non-hydrogen) atoms. The normalized spacial score (nSPS) is 16.5. The van der Waals surface area contributed by atoms with Gasteiger partial charge < -0.3 is 4.98 Å². The molecule has 0 spiro atoms. The second kappa shape index (κ2) is 7.63. The van der Waals surface area contributed by atoms with E-state index in [1.165, 1.54) is 4.31 Å². The number of halogens is 1. The topological polar surface area (TPSA) is 86.4 Å². The van der Waals surface area contributed by atoms with Crippen molar-refractivity contribution in [3.63, 3.8) is 0 Å². The Morgan fingerprint density at radius 2 is 1.75 bits per heavy atom. The summed E-state index contributed by atoms with van der Waals surface area (Å²) in [5, 5.41) is 1.02. The van der Waals surface area contributed by atoms with Crippen LogP contribution in [-0.4, -0.2) is 53.8 Å². The third-order valence-electron chi connectivity index (χ3n) is 4.80. The van der Waals surface area contributed by atoms with Crippen LogP contribution in [0.5, 0.6) is 0 Å². The molecule has 0 unspecified atom stereocenters. The van der Waals surface area contributed by atoms with Crippen molar-refractivity contribution in [2.24, 2.45) is 0 Å². The molecule has 1 aliphatic rings. The molecule has 0 bridgehead atoms. The molecule has 4 rings (SSSR count). The van der Waals surface area contributed by atoms with Gasteiger partial charge in [0.2, 0.25) is 10.0 Å². The van der Waals surface area contributed by atoms with E-state index in [9.17, 15) is 13.2 Å². The van der Waals surface area contributed by atoms with Gasteiger partial charge in [-0.3, -0.25) is 9.69 Å². The second-order valence-corrected chi connectivity index (χ2v) is 9.04. The lowest BCUT2D eigenvalue weighted by molar-refractivity contribution is 0.178. The summed E-state index contributed by atoms with van der Waals surface area (Å²) in [6.07, 6.45) is 0. The van der Waals surface area contributed by atoms with E-state index in [1.807, 2.05) is 0 Å². The standard InChI is InChI=1S/C19H19ClN4O3S/c20-14-6-7-16-17(12-14)21-18(22-19(16)25)13-23-8-10-24(11-9-23)28(26,27)15-4-2-1-3-5-15/h1-7,12H,8-11,13H2,(H,21,22,25). The quantitative estimate of drug-likeness (QED) is 0.701. The molecule has 146 valence electrons. The summed E-state index contributed by atoms with van der Waals surface area (Å²) in [6, 6.07) is 13.4. The number of aromatic amines is 1. The van der Waals surface area contributed by atoms with Crippen LogP contribution in [0.3, 0.4) is 0 Å². The first-order chi connectivity index (χ1) is 13.4. The van der Waals surface area contributed by atoms with Crippen LogP contribution in [0, 0.1) is 0 Å². The number of aromatic nitrogens is 2. The molecule has 1 aromatic heterocycles. The first-order valence-corrected chi connectivity index (χ1v) is 10.7. The zero-order chi connectivity index (χ0) is 19.7. The summed E-state index contributed by atoms with van der Waals surface area (Å²) in [5.74, 6) is 0.541. The van der Waals surface area contributed by atoms with Crippen LogP contribution >= 0.6 is 11.6 Å². The minimum Gasteiger partial charge on any atom is -0.309 e. The Kier molecular flexibility index (Phi) is 5.20. The Labute approximate surface area is 167 Å². The maximum atomic E-state index is 12.7. The van der Waals surface area contributed by atoms with Gasteiger partial charge in [-0.2, -0.15) is 4.31 Å². The molecule has 1 fully saturated rings. The van der Waals surface area contributed by atoms with Gasteiger partial charge in [0, 0.05) is 31.2 Å². The van der Waals surface area contributed by atoms with Crippen molar-refractivity contribution in [3.8, 4) is 0 Å². The predicted molar refractivity (Wildman–Crippen MR) is 108 cm³/mol. The number of nitrogens with one attached hydrogen (secondary N) is 1. The first kappa shape index (κ1) is 19.1. The zero-order valence-electron chi connectivity index (χ0n) is 15.0. The van der Waals surface area contributed by atoms with Gasteiger partial charge in [-0.05, 0) is 30.3 Å². The van der Waals surface area contributed by atoms with E-state index >= 15 is 0 Å². The summed E-state index contributed by atoms with van der Waals surface area (Å²) >= 11 is 6.00. The molecule has 0 radical (unpaired) electrons. The Balaban J connectivity index is 1.46. The highest BCUT2D eigenvalue weighted by atomic mass is 35.5. The van der Waals surface area contributed by atoms with Crippen LogP contribution in [-0.2, 0) is 16.6 Å². The van der Waals surface area contributed by atoms with Gasteiger partial charge in [-0.15, -0.1) is 0 Å². The second-order valence-electron chi connectivity index (χ2n) is 6.67. The number of hydrogen-bond acceptors (Lipinski definition) is 5. The Morgan fingerprint density at radius 1 is 1.04 bits per heavy atom. The summed E-state index contributed by atoms with van der Waals surface area (Å²) in [4.78, 5) is 21.9. The van der Waals surface area contributed by atoms with Crippen molar-refractivity contribution >= 4 is 32.5 Å². The Bertz CT molecular complexity index is 1160. The van der Waals surface area contributed by atoms with Crippen molar-refractivity contribution in [2.75, 3.05) is 26.2 Å². The smallest absolute Gasteiger partial charge is 0.258 e. The number of H-pyrrole nitrogens is 1. The summed E-state index contributed by atoms with van der Waals surface area (Å²) in [6.45, 7) is 2.34. The maximum Gasteiger partial charge on any atom is 0.258 e. The van der Waals surface area contributed by atoms with Gasteiger partial charge in [0.15, 0.2) is 0 Å². The van der Waals surface area contributed by atoms with Crippen LogP contribution in [0.2, 0.25) is 5.02 Å². The third kappa shape index (κ3) is 3.81.